The van der Waals surface area contributed by atoms with Crippen LogP contribution in [0.3, 0.4) is 0 Å². The molecular weight excluding hydrogens is 450 g/mol. The number of para-hydroxylation sites is 1. The second-order valence-corrected chi connectivity index (χ2v) is 8.76. The van der Waals surface area contributed by atoms with Crippen molar-refractivity contribution < 1.29 is 30.8 Å². The zero-order valence-electron chi connectivity index (χ0n) is 17.0. The van der Waals surface area contributed by atoms with Gasteiger partial charge in [0.25, 0.3) is 5.91 Å². The molecule has 0 aliphatic heterocycles. The smallest absolute Gasteiger partial charge is 0.322 e. The summed E-state index contributed by atoms with van der Waals surface area (Å²) in [5.74, 6) is -0.955. The summed E-state index contributed by atoms with van der Waals surface area (Å²) >= 11 is 0. The minimum absolute atomic E-state index is 0.237. The van der Waals surface area contributed by atoms with Crippen molar-refractivity contribution in [3.63, 3.8) is 0 Å². The van der Waals surface area contributed by atoms with Crippen molar-refractivity contribution >= 4 is 21.6 Å². The zero-order valence-corrected chi connectivity index (χ0v) is 17.8. The Kier molecular flexibility index (Phi) is 6.42. The van der Waals surface area contributed by atoms with E-state index in [-0.39, 0.29) is 16.1 Å². The molecule has 0 spiro atoms. The third-order valence-electron chi connectivity index (χ3n) is 4.65. The molecule has 0 saturated heterocycles. The summed E-state index contributed by atoms with van der Waals surface area (Å²) in [4.78, 5) is 12.4. The van der Waals surface area contributed by atoms with Crippen molar-refractivity contribution in [3.8, 4) is 5.69 Å². The van der Waals surface area contributed by atoms with Crippen LogP contribution in [0.25, 0.3) is 5.69 Å². The van der Waals surface area contributed by atoms with Crippen molar-refractivity contribution in [2.45, 2.75) is 24.9 Å². The summed E-state index contributed by atoms with van der Waals surface area (Å²) in [6, 6.07) is 12.4. The Morgan fingerprint density at radius 2 is 1.66 bits per heavy atom. The van der Waals surface area contributed by atoms with Crippen LogP contribution < -0.4 is 10.0 Å². The van der Waals surface area contributed by atoms with Gasteiger partial charge < -0.3 is 9.88 Å². The number of anilines is 1. The Hall–Kier alpha value is -3.18. The predicted molar refractivity (Wildman–Crippen MR) is 111 cm³/mol. The van der Waals surface area contributed by atoms with Crippen LogP contribution in [0.5, 0.6) is 0 Å². The number of carbonyl (C=O) groups is 1. The van der Waals surface area contributed by atoms with Crippen molar-refractivity contribution in [2.24, 2.45) is 0 Å². The second-order valence-electron chi connectivity index (χ2n) is 6.99. The van der Waals surface area contributed by atoms with Crippen LogP contribution in [-0.2, 0) is 10.0 Å². The van der Waals surface area contributed by atoms with Crippen LogP contribution in [0.15, 0.2) is 59.5 Å². The van der Waals surface area contributed by atoms with Gasteiger partial charge in [0.05, 0.1) is 16.1 Å². The standard InChI is InChI=1S/C21H19F4N3O3S/c1-13-11-17(14(2)28(13)19-6-4-3-5-18(19)22)20(29)27-15-7-9-16(10-8-15)32(30,31)26-12-21(23,24)25/h3-11,26H,12H2,1-2H3,(H,27,29). The third-order valence-corrected chi connectivity index (χ3v) is 6.07. The number of halogens is 4. The molecule has 3 rings (SSSR count). The van der Waals surface area contributed by atoms with E-state index in [1.807, 2.05) is 0 Å². The van der Waals surface area contributed by atoms with Crippen LogP contribution >= 0.6 is 0 Å². The Morgan fingerprint density at radius 1 is 1.03 bits per heavy atom. The maximum absolute atomic E-state index is 14.2. The highest BCUT2D eigenvalue weighted by Gasteiger charge is 2.30. The number of aryl methyl sites for hydroxylation is 1. The van der Waals surface area contributed by atoms with E-state index in [4.69, 9.17) is 0 Å². The zero-order chi connectivity index (χ0) is 23.7. The molecule has 1 amide bonds. The normalized spacial score (nSPS) is 12.1. The molecule has 1 aromatic heterocycles. The number of sulfonamides is 1. The Labute approximate surface area is 181 Å². The predicted octanol–water partition coefficient (Wildman–Crippen LogP) is 4.33. The van der Waals surface area contributed by atoms with E-state index in [0.717, 1.165) is 12.1 Å². The van der Waals surface area contributed by atoms with Crippen molar-refractivity contribution in [3.05, 3.63) is 77.4 Å². The summed E-state index contributed by atoms with van der Waals surface area (Å²) in [6.07, 6.45) is -4.68. The maximum atomic E-state index is 14.2. The quantitative estimate of drug-likeness (QED) is 0.528. The molecule has 0 saturated carbocycles. The van der Waals surface area contributed by atoms with Gasteiger partial charge in [-0.15, -0.1) is 0 Å². The monoisotopic (exact) mass is 469 g/mol. The second kappa shape index (κ2) is 8.75. The van der Waals surface area contributed by atoms with Crippen molar-refractivity contribution in [1.82, 2.24) is 9.29 Å². The highest BCUT2D eigenvalue weighted by Crippen LogP contribution is 2.24. The molecular formula is C21H19F4N3O3S. The Balaban J connectivity index is 1.79. The fourth-order valence-corrected chi connectivity index (χ4v) is 4.19. The van der Waals surface area contributed by atoms with Crippen LogP contribution in [0, 0.1) is 19.7 Å². The van der Waals surface area contributed by atoms with Gasteiger partial charge in [-0.05, 0) is 56.3 Å². The molecule has 11 heteroatoms. The van der Waals surface area contributed by atoms with E-state index in [2.05, 4.69) is 5.32 Å². The molecule has 2 aromatic carbocycles. The van der Waals surface area contributed by atoms with Crippen LogP contribution in [0.1, 0.15) is 21.7 Å². The number of nitrogens with one attached hydrogen (secondary N) is 2. The molecule has 1 heterocycles. The summed E-state index contributed by atoms with van der Waals surface area (Å²) in [6.45, 7) is 1.70. The average Bonchev–Trinajstić information content (AvgIpc) is 3.01. The first-order valence-electron chi connectivity index (χ1n) is 9.31. The number of aromatic nitrogens is 1. The number of carbonyl (C=O) groups excluding carboxylic acids is 1. The molecule has 0 unspecified atom stereocenters. The molecule has 0 aliphatic rings. The molecule has 170 valence electrons. The number of hydrogen-bond donors (Lipinski definition) is 2. The molecule has 0 atom stereocenters. The molecule has 6 nitrogen and oxygen atoms in total. The van der Waals surface area contributed by atoms with Crippen LogP contribution in [-0.4, -0.2) is 31.6 Å². The topological polar surface area (TPSA) is 80.2 Å². The fraction of sp³-hybridized carbons (Fsp3) is 0.190. The summed E-state index contributed by atoms with van der Waals surface area (Å²) in [5, 5.41) is 2.60. The largest absolute Gasteiger partial charge is 0.402 e. The van der Waals surface area contributed by atoms with Gasteiger partial charge >= 0.3 is 6.18 Å². The lowest BCUT2D eigenvalue weighted by Gasteiger charge is -2.11. The molecule has 3 aromatic rings. The van der Waals surface area contributed by atoms with Gasteiger partial charge in [-0.1, -0.05) is 12.1 Å². The highest BCUT2D eigenvalue weighted by molar-refractivity contribution is 7.89. The van der Waals surface area contributed by atoms with Crippen molar-refractivity contribution in [1.29, 1.82) is 0 Å². The van der Waals surface area contributed by atoms with Gasteiger partial charge in [0.15, 0.2) is 0 Å². The molecule has 0 aliphatic carbocycles. The van der Waals surface area contributed by atoms with Gasteiger partial charge in [0, 0.05) is 17.1 Å². The Bertz CT molecular complexity index is 1250. The summed E-state index contributed by atoms with van der Waals surface area (Å²) in [5.41, 5.74) is 1.95. The van der Waals surface area contributed by atoms with Crippen molar-refractivity contribution in [2.75, 3.05) is 11.9 Å². The van der Waals surface area contributed by atoms with E-state index >= 15 is 0 Å². The molecule has 32 heavy (non-hydrogen) atoms. The first-order valence-corrected chi connectivity index (χ1v) is 10.8. The lowest BCUT2D eigenvalue weighted by atomic mass is 10.2. The fourth-order valence-electron chi connectivity index (χ4n) is 3.17. The minimum Gasteiger partial charge on any atom is -0.322 e. The number of nitrogens with zero attached hydrogens (tertiary/aromatic N) is 1. The van der Waals surface area contributed by atoms with E-state index in [9.17, 15) is 30.8 Å². The van der Waals surface area contributed by atoms with Gasteiger partial charge in [-0.25, -0.2) is 17.5 Å². The maximum Gasteiger partial charge on any atom is 0.402 e. The average molecular weight is 469 g/mol. The number of alkyl halides is 3. The lowest BCUT2D eigenvalue weighted by molar-refractivity contribution is -0.121. The molecule has 0 bridgehead atoms. The first kappa shape index (κ1) is 23.5. The summed E-state index contributed by atoms with van der Waals surface area (Å²) in [7, 11) is -4.36. The van der Waals surface area contributed by atoms with E-state index in [1.165, 1.54) is 22.9 Å². The lowest BCUT2D eigenvalue weighted by Crippen LogP contribution is -2.33. The molecule has 0 radical (unpaired) electrons. The number of benzene rings is 2. The molecule has 2 N–H and O–H groups in total. The van der Waals surface area contributed by atoms with Gasteiger partial charge in [0.2, 0.25) is 10.0 Å². The third kappa shape index (κ3) is 5.17. The van der Waals surface area contributed by atoms with Crippen LogP contribution in [0.2, 0.25) is 0 Å². The van der Waals surface area contributed by atoms with E-state index in [1.54, 1.807) is 42.7 Å². The minimum atomic E-state index is -4.68. The molecule has 0 fully saturated rings. The first-order chi connectivity index (χ1) is 14.9. The summed E-state index contributed by atoms with van der Waals surface area (Å²) < 4.78 is 78.0. The van der Waals surface area contributed by atoms with E-state index in [0.29, 0.717) is 17.1 Å². The Morgan fingerprint density at radius 3 is 2.25 bits per heavy atom. The van der Waals surface area contributed by atoms with Crippen LogP contribution in [0.4, 0.5) is 23.2 Å². The van der Waals surface area contributed by atoms with Gasteiger partial charge in [-0.3, -0.25) is 4.79 Å². The van der Waals surface area contributed by atoms with E-state index < -0.39 is 34.5 Å². The number of rotatable bonds is 6. The van der Waals surface area contributed by atoms with Gasteiger partial charge in [0.1, 0.15) is 12.4 Å². The number of hydrogen-bond acceptors (Lipinski definition) is 3. The SMILES string of the molecule is Cc1cc(C(=O)Nc2ccc(S(=O)(=O)NCC(F)(F)F)cc2)c(C)n1-c1ccccc1F. The van der Waals surface area contributed by atoms with Gasteiger partial charge in [-0.2, -0.15) is 13.2 Å². The number of amides is 1. The highest BCUT2D eigenvalue weighted by atomic mass is 32.2.